The smallest absolute Gasteiger partial charge is 0.204 e. The van der Waals surface area contributed by atoms with Crippen molar-refractivity contribution in [3.8, 4) is 0 Å². The standard InChI is InChI=1S/C12H15BrClN5/c1-18(2)12-17-7-9(19(12)3)6-15-8-4-10(13)11(14)16-5-8/h4-5,7,15H,6H2,1-3H3. The molecule has 0 aliphatic carbocycles. The number of nitrogens with zero attached hydrogens (tertiary/aromatic N) is 4. The Kier molecular flexibility index (Phi) is 4.31. The molecule has 0 amide bonds. The van der Waals surface area contributed by atoms with Gasteiger partial charge >= 0.3 is 0 Å². The summed E-state index contributed by atoms with van der Waals surface area (Å²) in [5.74, 6) is 0.923. The first kappa shape index (κ1) is 14.1. The molecule has 2 aromatic rings. The molecule has 0 bridgehead atoms. The molecule has 0 saturated heterocycles. The molecule has 7 heteroatoms. The van der Waals surface area contributed by atoms with E-state index in [0.29, 0.717) is 11.7 Å². The quantitative estimate of drug-likeness (QED) is 0.866. The van der Waals surface area contributed by atoms with Crippen LogP contribution in [-0.2, 0) is 13.6 Å². The summed E-state index contributed by atoms with van der Waals surface area (Å²) in [6.07, 6.45) is 3.57. The number of hydrogen-bond donors (Lipinski definition) is 1. The van der Waals surface area contributed by atoms with Gasteiger partial charge in [-0.3, -0.25) is 0 Å². The van der Waals surface area contributed by atoms with E-state index in [9.17, 15) is 0 Å². The van der Waals surface area contributed by atoms with E-state index in [1.54, 1.807) is 6.20 Å². The minimum absolute atomic E-state index is 0.459. The average Bonchev–Trinajstić information content (AvgIpc) is 2.72. The van der Waals surface area contributed by atoms with Crippen LogP contribution in [0.25, 0.3) is 0 Å². The molecule has 0 radical (unpaired) electrons. The van der Waals surface area contributed by atoms with Crippen LogP contribution < -0.4 is 10.2 Å². The highest BCUT2D eigenvalue weighted by atomic mass is 79.9. The lowest BCUT2D eigenvalue weighted by Crippen LogP contribution is -2.15. The molecule has 0 spiro atoms. The number of hydrogen-bond acceptors (Lipinski definition) is 4. The molecule has 0 aliphatic heterocycles. The first-order valence-electron chi connectivity index (χ1n) is 5.72. The maximum atomic E-state index is 5.86. The zero-order valence-electron chi connectivity index (χ0n) is 11.0. The molecule has 0 aromatic carbocycles. The Hall–Kier alpha value is -1.27. The van der Waals surface area contributed by atoms with Crippen molar-refractivity contribution in [3.05, 3.63) is 33.8 Å². The molecular weight excluding hydrogens is 330 g/mol. The highest BCUT2D eigenvalue weighted by Crippen LogP contribution is 2.23. The third-order valence-corrected chi connectivity index (χ3v) is 3.86. The van der Waals surface area contributed by atoms with Crippen LogP contribution in [0.3, 0.4) is 0 Å². The van der Waals surface area contributed by atoms with E-state index >= 15 is 0 Å². The molecule has 102 valence electrons. The van der Waals surface area contributed by atoms with Crippen LogP contribution in [0, 0.1) is 0 Å². The van der Waals surface area contributed by atoms with Crippen molar-refractivity contribution < 1.29 is 0 Å². The largest absolute Gasteiger partial charge is 0.378 e. The van der Waals surface area contributed by atoms with Gasteiger partial charge in [0.25, 0.3) is 0 Å². The first-order valence-corrected chi connectivity index (χ1v) is 6.89. The Morgan fingerprint density at radius 1 is 1.37 bits per heavy atom. The van der Waals surface area contributed by atoms with Crippen LogP contribution in [0.5, 0.6) is 0 Å². The van der Waals surface area contributed by atoms with Crippen molar-refractivity contribution in [2.75, 3.05) is 24.3 Å². The lowest BCUT2D eigenvalue weighted by atomic mass is 10.4. The van der Waals surface area contributed by atoms with Crippen molar-refractivity contribution in [3.63, 3.8) is 0 Å². The summed E-state index contributed by atoms with van der Waals surface area (Å²) >= 11 is 9.21. The van der Waals surface area contributed by atoms with E-state index in [4.69, 9.17) is 11.6 Å². The zero-order valence-corrected chi connectivity index (χ0v) is 13.3. The number of rotatable bonds is 4. The molecule has 0 fully saturated rings. The Morgan fingerprint density at radius 2 is 2.11 bits per heavy atom. The van der Waals surface area contributed by atoms with Crippen molar-refractivity contribution in [2.45, 2.75) is 6.54 Å². The molecule has 19 heavy (non-hydrogen) atoms. The van der Waals surface area contributed by atoms with E-state index in [1.165, 1.54) is 0 Å². The summed E-state index contributed by atoms with van der Waals surface area (Å²) in [5.41, 5.74) is 2.00. The summed E-state index contributed by atoms with van der Waals surface area (Å²) < 4.78 is 2.82. The lowest BCUT2D eigenvalue weighted by molar-refractivity contribution is 0.814. The molecule has 2 rings (SSSR count). The van der Waals surface area contributed by atoms with Gasteiger partial charge in [-0.25, -0.2) is 9.97 Å². The SMILES string of the molecule is CN(C)c1ncc(CNc2cnc(Cl)c(Br)c2)n1C. The number of halogens is 2. The van der Waals surface area contributed by atoms with Crippen LogP contribution in [0.15, 0.2) is 22.9 Å². The van der Waals surface area contributed by atoms with Gasteiger partial charge in [-0.1, -0.05) is 11.6 Å². The predicted molar refractivity (Wildman–Crippen MR) is 81.8 cm³/mol. The molecule has 2 heterocycles. The van der Waals surface area contributed by atoms with E-state index < -0.39 is 0 Å². The molecule has 0 aliphatic rings. The van der Waals surface area contributed by atoms with Crippen LogP contribution in [-0.4, -0.2) is 28.6 Å². The summed E-state index contributed by atoms with van der Waals surface area (Å²) in [5, 5.41) is 3.75. The molecule has 0 atom stereocenters. The Morgan fingerprint density at radius 3 is 2.68 bits per heavy atom. The van der Waals surface area contributed by atoms with Crippen molar-refractivity contribution in [2.24, 2.45) is 7.05 Å². The number of imidazole rings is 1. The van der Waals surface area contributed by atoms with Crippen molar-refractivity contribution in [1.29, 1.82) is 0 Å². The summed E-state index contributed by atoms with van der Waals surface area (Å²) in [7, 11) is 5.94. The Bertz CT molecular complexity index is 581. The highest BCUT2D eigenvalue weighted by molar-refractivity contribution is 9.10. The van der Waals surface area contributed by atoms with Crippen LogP contribution >= 0.6 is 27.5 Å². The second-order valence-electron chi connectivity index (χ2n) is 4.35. The van der Waals surface area contributed by atoms with Gasteiger partial charge in [0.15, 0.2) is 0 Å². The topological polar surface area (TPSA) is 46.0 Å². The average molecular weight is 345 g/mol. The van der Waals surface area contributed by atoms with Gasteiger partial charge in [0.2, 0.25) is 5.95 Å². The van der Waals surface area contributed by atoms with E-state index in [0.717, 1.165) is 21.8 Å². The van der Waals surface area contributed by atoms with Crippen LogP contribution in [0.2, 0.25) is 5.15 Å². The van der Waals surface area contributed by atoms with Gasteiger partial charge in [0.1, 0.15) is 5.15 Å². The molecule has 2 aromatic heterocycles. The van der Waals surface area contributed by atoms with Gasteiger partial charge in [0, 0.05) is 21.1 Å². The van der Waals surface area contributed by atoms with Crippen molar-refractivity contribution in [1.82, 2.24) is 14.5 Å². The monoisotopic (exact) mass is 343 g/mol. The Balaban J connectivity index is 2.08. The third kappa shape index (κ3) is 3.19. The second kappa shape index (κ2) is 5.79. The zero-order chi connectivity index (χ0) is 14.0. The fourth-order valence-corrected chi connectivity index (χ4v) is 2.18. The normalized spacial score (nSPS) is 10.6. The number of aromatic nitrogens is 3. The summed E-state index contributed by atoms with van der Waals surface area (Å²) in [6.45, 7) is 0.674. The fraction of sp³-hybridized carbons (Fsp3) is 0.333. The second-order valence-corrected chi connectivity index (χ2v) is 5.57. The van der Waals surface area contributed by atoms with Gasteiger partial charge in [-0.15, -0.1) is 0 Å². The maximum Gasteiger partial charge on any atom is 0.204 e. The number of nitrogens with one attached hydrogen (secondary N) is 1. The van der Waals surface area contributed by atoms with E-state index in [2.05, 4.69) is 31.2 Å². The molecular formula is C12H15BrClN5. The minimum atomic E-state index is 0.459. The third-order valence-electron chi connectivity index (χ3n) is 2.73. The number of pyridine rings is 1. The maximum absolute atomic E-state index is 5.86. The highest BCUT2D eigenvalue weighted by Gasteiger charge is 2.08. The van der Waals surface area contributed by atoms with Gasteiger partial charge in [-0.2, -0.15) is 0 Å². The predicted octanol–water partition coefficient (Wildman–Crippen LogP) is 2.91. The first-order chi connectivity index (χ1) is 8.99. The number of anilines is 2. The van der Waals surface area contributed by atoms with Crippen LogP contribution in [0.4, 0.5) is 11.6 Å². The molecule has 1 N–H and O–H groups in total. The summed E-state index contributed by atoms with van der Waals surface area (Å²) in [6, 6.07) is 1.90. The van der Waals surface area contributed by atoms with Gasteiger partial charge < -0.3 is 14.8 Å². The van der Waals surface area contributed by atoms with Gasteiger partial charge in [-0.05, 0) is 22.0 Å². The minimum Gasteiger partial charge on any atom is -0.378 e. The lowest BCUT2D eigenvalue weighted by Gasteiger charge is -2.13. The van der Waals surface area contributed by atoms with E-state index in [-0.39, 0.29) is 0 Å². The molecule has 0 saturated carbocycles. The van der Waals surface area contributed by atoms with Crippen LogP contribution in [0.1, 0.15) is 5.69 Å². The van der Waals surface area contributed by atoms with Crippen molar-refractivity contribution >= 4 is 39.2 Å². The molecule has 0 unspecified atom stereocenters. The van der Waals surface area contributed by atoms with Gasteiger partial charge in [0.05, 0.1) is 34.8 Å². The summed E-state index contributed by atoms with van der Waals surface area (Å²) in [4.78, 5) is 10.4. The van der Waals surface area contributed by atoms with E-state index in [1.807, 2.05) is 42.9 Å². The molecule has 5 nitrogen and oxygen atoms in total. The fourth-order valence-electron chi connectivity index (χ4n) is 1.72. The Labute approximate surface area is 125 Å².